The molecule has 0 aliphatic carbocycles. The van der Waals surface area contributed by atoms with Crippen LogP contribution < -0.4 is 5.32 Å². The molecule has 112 valence electrons. The lowest BCUT2D eigenvalue weighted by Gasteiger charge is -2.40. The van der Waals surface area contributed by atoms with Crippen molar-refractivity contribution in [2.24, 2.45) is 11.3 Å². The number of hydrogen-bond donors (Lipinski definition) is 1. The normalized spacial score (nSPS) is 28.4. The van der Waals surface area contributed by atoms with Crippen LogP contribution in [0.3, 0.4) is 0 Å². The molecule has 3 heteroatoms. The van der Waals surface area contributed by atoms with E-state index in [0.717, 1.165) is 5.92 Å². The molecule has 2 saturated heterocycles. The van der Waals surface area contributed by atoms with Crippen molar-refractivity contribution in [3.8, 4) is 0 Å². The van der Waals surface area contributed by atoms with Crippen LogP contribution in [0.5, 0.6) is 0 Å². The quantitative estimate of drug-likeness (QED) is 0.841. The van der Waals surface area contributed by atoms with Crippen molar-refractivity contribution in [3.63, 3.8) is 0 Å². The first-order valence-corrected chi connectivity index (χ1v) is 8.09. The maximum Gasteiger partial charge on any atom is 0.00681 e. The van der Waals surface area contributed by atoms with Gasteiger partial charge in [-0.1, -0.05) is 6.92 Å². The summed E-state index contributed by atoms with van der Waals surface area (Å²) in [5.41, 5.74) is 0.520. The van der Waals surface area contributed by atoms with Crippen molar-refractivity contribution in [2.75, 3.05) is 46.8 Å². The van der Waals surface area contributed by atoms with Crippen LogP contribution in [0, 0.1) is 11.3 Å². The van der Waals surface area contributed by atoms with E-state index in [0.29, 0.717) is 11.5 Å². The van der Waals surface area contributed by atoms with Crippen molar-refractivity contribution in [3.05, 3.63) is 0 Å². The second kappa shape index (κ2) is 6.55. The number of nitrogens with zero attached hydrogens (tertiary/aromatic N) is 2. The fourth-order valence-corrected chi connectivity index (χ4v) is 3.44. The van der Waals surface area contributed by atoms with E-state index in [9.17, 15) is 0 Å². The fourth-order valence-electron chi connectivity index (χ4n) is 3.44. The summed E-state index contributed by atoms with van der Waals surface area (Å²) in [6.45, 7) is 11.1. The second-order valence-electron chi connectivity index (χ2n) is 7.42. The summed E-state index contributed by atoms with van der Waals surface area (Å²) < 4.78 is 0. The summed E-state index contributed by atoms with van der Waals surface area (Å²) in [6.07, 6.45) is 5.42. The molecule has 19 heavy (non-hydrogen) atoms. The first-order valence-electron chi connectivity index (χ1n) is 8.09. The highest BCUT2D eigenvalue weighted by atomic mass is 15.1. The van der Waals surface area contributed by atoms with Gasteiger partial charge in [0.2, 0.25) is 0 Å². The van der Waals surface area contributed by atoms with Crippen molar-refractivity contribution in [2.45, 2.75) is 45.6 Å². The third kappa shape index (κ3) is 4.44. The molecule has 2 fully saturated rings. The van der Waals surface area contributed by atoms with Crippen molar-refractivity contribution in [1.29, 1.82) is 0 Å². The molecule has 0 aromatic heterocycles. The molecule has 0 radical (unpaired) electrons. The van der Waals surface area contributed by atoms with E-state index in [1.165, 1.54) is 58.4 Å². The van der Waals surface area contributed by atoms with Crippen LogP contribution in [-0.4, -0.2) is 62.7 Å². The predicted molar refractivity (Wildman–Crippen MR) is 82.5 cm³/mol. The summed E-state index contributed by atoms with van der Waals surface area (Å²) in [4.78, 5) is 4.92. The molecule has 2 rings (SSSR count). The maximum atomic E-state index is 3.86. The van der Waals surface area contributed by atoms with Gasteiger partial charge < -0.3 is 15.1 Å². The Balaban J connectivity index is 1.72. The van der Waals surface area contributed by atoms with E-state index >= 15 is 0 Å². The summed E-state index contributed by atoms with van der Waals surface area (Å²) in [6, 6.07) is 0.685. The Morgan fingerprint density at radius 3 is 2.16 bits per heavy atom. The molecule has 2 heterocycles. The molecule has 2 aliphatic heterocycles. The van der Waals surface area contributed by atoms with Crippen LogP contribution in [0.4, 0.5) is 0 Å². The molecule has 0 bridgehead atoms. The van der Waals surface area contributed by atoms with Crippen LogP contribution in [0.1, 0.15) is 39.5 Å². The van der Waals surface area contributed by atoms with Gasteiger partial charge in [0.25, 0.3) is 0 Å². The highest BCUT2D eigenvalue weighted by molar-refractivity contribution is 4.86. The summed E-state index contributed by atoms with van der Waals surface area (Å²) in [7, 11) is 4.49. The molecule has 0 aromatic carbocycles. The standard InChI is InChI=1S/C16H33N3/c1-14(15-5-9-18(3)10-6-15)17-13-16(2)7-11-19(4)12-8-16/h14-15,17H,5-13H2,1-4H3. The van der Waals surface area contributed by atoms with Crippen LogP contribution in [0.2, 0.25) is 0 Å². The van der Waals surface area contributed by atoms with Gasteiger partial charge in [0.05, 0.1) is 0 Å². The van der Waals surface area contributed by atoms with Gasteiger partial charge in [0.15, 0.2) is 0 Å². The Hall–Kier alpha value is -0.120. The number of rotatable bonds is 4. The molecule has 0 amide bonds. The van der Waals surface area contributed by atoms with Gasteiger partial charge in [-0.3, -0.25) is 0 Å². The van der Waals surface area contributed by atoms with Gasteiger partial charge >= 0.3 is 0 Å². The van der Waals surface area contributed by atoms with Crippen molar-refractivity contribution in [1.82, 2.24) is 15.1 Å². The largest absolute Gasteiger partial charge is 0.313 e. The van der Waals surface area contributed by atoms with Crippen LogP contribution in [-0.2, 0) is 0 Å². The van der Waals surface area contributed by atoms with Crippen LogP contribution in [0.15, 0.2) is 0 Å². The first-order chi connectivity index (χ1) is 8.98. The van der Waals surface area contributed by atoms with E-state index in [1.54, 1.807) is 0 Å². The lowest BCUT2D eigenvalue weighted by molar-refractivity contribution is 0.123. The van der Waals surface area contributed by atoms with E-state index in [4.69, 9.17) is 0 Å². The summed E-state index contributed by atoms with van der Waals surface area (Å²) >= 11 is 0. The number of hydrogen-bond acceptors (Lipinski definition) is 3. The van der Waals surface area contributed by atoms with Gasteiger partial charge in [0.1, 0.15) is 0 Å². The number of piperidine rings is 2. The summed E-state index contributed by atoms with van der Waals surface area (Å²) in [5.74, 6) is 0.881. The third-order valence-corrected chi connectivity index (χ3v) is 5.52. The Morgan fingerprint density at radius 1 is 1.05 bits per heavy atom. The lowest BCUT2D eigenvalue weighted by Crippen LogP contribution is -2.47. The molecule has 0 aromatic rings. The SMILES string of the molecule is CC(NCC1(C)CCN(C)CC1)C1CCN(C)CC1. The molecule has 0 saturated carbocycles. The smallest absolute Gasteiger partial charge is 0.00681 e. The monoisotopic (exact) mass is 267 g/mol. The zero-order chi connectivity index (χ0) is 13.9. The zero-order valence-electron chi connectivity index (χ0n) is 13.4. The molecule has 1 N–H and O–H groups in total. The van der Waals surface area contributed by atoms with E-state index in [2.05, 4.69) is 43.1 Å². The Morgan fingerprint density at radius 2 is 1.58 bits per heavy atom. The molecule has 3 nitrogen and oxygen atoms in total. The number of nitrogens with one attached hydrogen (secondary N) is 1. The van der Waals surface area contributed by atoms with E-state index in [-0.39, 0.29) is 0 Å². The second-order valence-corrected chi connectivity index (χ2v) is 7.42. The molecular formula is C16H33N3. The molecule has 1 atom stereocenters. The average molecular weight is 267 g/mol. The predicted octanol–water partition coefficient (Wildman–Crippen LogP) is 2.04. The third-order valence-electron chi connectivity index (χ3n) is 5.52. The minimum absolute atomic E-state index is 0.520. The highest BCUT2D eigenvalue weighted by Crippen LogP contribution is 2.30. The van der Waals surface area contributed by atoms with E-state index < -0.39 is 0 Å². The highest BCUT2D eigenvalue weighted by Gasteiger charge is 2.30. The van der Waals surface area contributed by atoms with Gasteiger partial charge in [-0.2, -0.15) is 0 Å². The molecular weight excluding hydrogens is 234 g/mol. The van der Waals surface area contributed by atoms with Crippen LogP contribution >= 0.6 is 0 Å². The first kappa shape index (κ1) is 15.3. The van der Waals surface area contributed by atoms with Gasteiger partial charge in [0, 0.05) is 12.6 Å². The van der Waals surface area contributed by atoms with Gasteiger partial charge in [-0.15, -0.1) is 0 Å². The maximum absolute atomic E-state index is 3.86. The average Bonchev–Trinajstić information content (AvgIpc) is 2.41. The topological polar surface area (TPSA) is 18.5 Å². The molecule has 2 aliphatic rings. The van der Waals surface area contributed by atoms with Crippen molar-refractivity contribution >= 4 is 0 Å². The summed E-state index contributed by atoms with van der Waals surface area (Å²) in [5, 5.41) is 3.86. The lowest BCUT2D eigenvalue weighted by atomic mass is 9.80. The Kier molecular flexibility index (Phi) is 5.27. The Bertz CT molecular complexity index is 263. The minimum atomic E-state index is 0.520. The van der Waals surface area contributed by atoms with Gasteiger partial charge in [-0.25, -0.2) is 0 Å². The van der Waals surface area contributed by atoms with Gasteiger partial charge in [-0.05, 0) is 84.2 Å². The fraction of sp³-hybridized carbons (Fsp3) is 1.00. The molecule has 0 spiro atoms. The van der Waals surface area contributed by atoms with Crippen LogP contribution in [0.25, 0.3) is 0 Å². The minimum Gasteiger partial charge on any atom is -0.313 e. The Labute approximate surface area is 119 Å². The zero-order valence-corrected chi connectivity index (χ0v) is 13.4. The molecule has 1 unspecified atom stereocenters. The number of likely N-dealkylation sites (tertiary alicyclic amines) is 2. The van der Waals surface area contributed by atoms with E-state index in [1.807, 2.05) is 0 Å². The van der Waals surface area contributed by atoms with Crippen molar-refractivity contribution < 1.29 is 0 Å².